The molecule has 2 aromatic rings. The fraction of sp³-hybridized carbons (Fsp3) is 0.188. The number of imide groups is 1. The van der Waals surface area contributed by atoms with Crippen LogP contribution in [0, 0.1) is 0 Å². The average Bonchev–Trinajstić information content (AvgIpc) is 2.76. The largest absolute Gasteiger partial charge is 0.384 e. The summed E-state index contributed by atoms with van der Waals surface area (Å²) in [6.45, 7) is 2.09. The number of fused-ring (bicyclic) bond motifs is 1. The first-order chi connectivity index (χ1) is 10.5. The summed E-state index contributed by atoms with van der Waals surface area (Å²) < 4.78 is 1.24. The van der Waals surface area contributed by atoms with Crippen molar-refractivity contribution in [1.29, 1.82) is 0 Å². The zero-order valence-electron chi connectivity index (χ0n) is 12.1. The first kappa shape index (κ1) is 14.1. The lowest BCUT2D eigenvalue weighted by atomic mass is 10.1. The molecule has 0 saturated heterocycles. The van der Waals surface area contributed by atoms with E-state index < -0.39 is 17.4 Å². The summed E-state index contributed by atoms with van der Waals surface area (Å²) in [5.41, 5.74) is 7.34. The SMILES string of the molecule is CCCc1ccc(-n2c(N)c3c(cc2=O)C(=O)NC3=O)cc1. The highest BCUT2D eigenvalue weighted by Crippen LogP contribution is 2.23. The number of nitrogens with zero attached hydrogens (tertiary/aromatic N) is 1. The van der Waals surface area contributed by atoms with Crippen LogP contribution in [0.4, 0.5) is 5.82 Å². The van der Waals surface area contributed by atoms with Gasteiger partial charge in [-0.25, -0.2) is 0 Å². The van der Waals surface area contributed by atoms with Gasteiger partial charge in [0.05, 0.1) is 16.8 Å². The Balaban J connectivity index is 2.16. The Kier molecular flexibility index (Phi) is 3.29. The van der Waals surface area contributed by atoms with Crippen molar-refractivity contribution in [2.24, 2.45) is 0 Å². The third-order valence-electron chi connectivity index (χ3n) is 3.69. The van der Waals surface area contributed by atoms with Crippen LogP contribution in [0.25, 0.3) is 5.69 Å². The van der Waals surface area contributed by atoms with Crippen molar-refractivity contribution in [3.8, 4) is 5.69 Å². The number of rotatable bonds is 3. The molecule has 0 bridgehead atoms. The quantitative estimate of drug-likeness (QED) is 0.834. The molecule has 6 heteroatoms. The fourth-order valence-corrected chi connectivity index (χ4v) is 2.65. The second-order valence-electron chi connectivity index (χ2n) is 5.19. The van der Waals surface area contributed by atoms with Crippen LogP contribution in [-0.2, 0) is 6.42 Å². The maximum absolute atomic E-state index is 12.3. The van der Waals surface area contributed by atoms with Gasteiger partial charge in [0.1, 0.15) is 5.82 Å². The number of carbonyl (C=O) groups is 2. The summed E-state index contributed by atoms with van der Waals surface area (Å²) in [5, 5.41) is 2.14. The van der Waals surface area contributed by atoms with Gasteiger partial charge in [-0.05, 0) is 24.1 Å². The summed E-state index contributed by atoms with van der Waals surface area (Å²) in [6, 6.07) is 8.55. The number of hydrogen-bond acceptors (Lipinski definition) is 4. The molecule has 22 heavy (non-hydrogen) atoms. The normalized spacial score (nSPS) is 13.1. The van der Waals surface area contributed by atoms with E-state index >= 15 is 0 Å². The van der Waals surface area contributed by atoms with E-state index in [0.29, 0.717) is 5.69 Å². The van der Waals surface area contributed by atoms with Gasteiger partial charge >= 0.3 is 0 Å². The molecule has 2 heterocycles. The molecule has 0 aliphatic carbocycles. The first-order valence-electron chi connectivity index (χ1n) is 7.03. The number of carbonyl (C=O) groups excluding carboxylic acids is 2. The second kappa shape index (κ2) is 5.14. The summed E-state index contributed by atoms with van der Waals surface area (Å²) >= 11 is 0. The van der Waals surface area contributed by atoms with Gasteiger partial charge < -0.3 is 5.73 Å². The molecule has 0 atom stereocenters. The summed E-state index contributed by atoms with van der Waals surface area (Å²) in [6.07, 6.45) is 1.98. The number of benzene rings is 1. The van der Waals surface area contributed by atoms with Crippen LogP contribution in [0.5, 0.6) is 0 Å². The van der Waals surface area contributed by atoms with E-state index in [9.17, 15) is 14.4 Å². The van der Waals surface area contributed by atoms with E-state index in [1.165, 1.54) is 4.57 Å². The fourth-order valence-electron chi connectivity index (χ4n) is 2.65. The average molecular weight is 297 g/mol. The Morgan fingerprint density at radius 2 is 1.77 bits per heavy atom. The van der Waals surface area contributed by atoms with Gasteiger partial charge in [-0.3, -0.25) is 24.3 Å². The lowest BCUT2D eigenvalue weighted by molar-refractivity contribution is 0.0880. The molecule has 0 spiro atoms. The van der Waals surface area contributed by atoms with Gasteiger partial charge in [0.2, 0.25) is 0 Å². The Morgan fingerprint density at radius 1 is 1.09 bits per heavy atom. The molecular formula is C16H15N3O3. The van der Waals surface area contributed by atoms with Crippen LogP contribution in [0.1, 0.15) is 39.6 Å². The molecule has 0 radical (unpaired) electrons. The molecule has 1 aromatic carbocycles. The Labute approximate surface area is 126 Å². The molecule has 0 saturated carbocycles. The van der Waals surface area contributed by atoms with Gasteiger partial charge in [0.15, 0.2) is 0 Å². The number of hydrogen-bond donors (Lipinski definition) is 2. The smallest absolute Gasteiger partial charge is 0.262 e. The molecule has 3 rings (SSSR count). The molecule has 0 fully saturated rings. The van der Waals surface area contributed by atoms with Gasteiger partial charge in [0.25, 0.3) is 17.4 Å². The molecule has 3 N–H and O–H groups in total. The minimum absolute atomic E-state index is 0.0194. The minimum atomic E-state index is -0.589. The van der Waals surface area contributed by atoms with Crippen molar-refractivity contribution in [3.05, 3.63) is 57.4 Å². The van der Waals surface area contributed by atoms with E-state index in [1.807, 2.05) is 12.1 Å². The van der Waals surface area contributed by atoms with Crippen molar-refractivity contribution in [3.63, 3.8) is 0 Å². The number of amides is 2. The van der Waals surface area contributed by atoms with E-state index in [0.717, 1.165) is 24.5 Å². The molecule has 6 nitrogen and oxygen atoms in total. The van der Waals surface area contributed by atoms with E-state index in [1.54, 1.807) is 12.1 Å². The predicted molar refractivity (Wildman–Crippen MR) is 82.2 cm³/mol. The lowest BCUT2D eigenvalue weighted by Gasteiger charge is -2.12. The van der Waals surface area contributed by atoms with E-state index in [2.05, 4.69) is 12.2 Å². The molecule has 2 amide bonds. The second-order valence-corrected chi connectivity index (χ2v) is 5.19. The van der Waals surface area contributed by atoms with Crippen LogP contribution in [0.2, 0.25) is 0 Å². The number of anilines is 1. The Hall–Kier alpha value is -2.89. The van der Waals surface area contributed by atoms with Gasteiger partial charge in [-0.15, -0.1) is 0 Å². The predicted octanol–water partition coefficient (Wildman–Crippen LogP) is 1.26. The van der Waals surface area contributed by atoms with E-state index in [-0.39, 0.29) is 16.9 Å². The molecule has 1 aromatic heterocycles. The van der Waals surface area contributed by atoms with Crippen LogP contribution >= 0.6 is 0 Å². The standard InChI is InChI=1S/C16H15N3O3/c1-2-3-9-4-6-10(7-5-9)19-12(20)8-11-13(14(19)17)16(22)18-15(11)21/h4-8H,2-3,17H2,1H3,(H,18,21,22). The highest BCUT2D eigenvalue weighted by molar-refractivity contribution is 6.23. The molecule has 1 aliphatic heterocycles. The van der Waals surface area contributed by atoms with Crippen molar-refractivity contribution < 1.29 is 9.59 Å². The molecule has 0 unspecified atom stereocenters. The third-order valence-corrected chi connectivity index (χ3v) is 3.69. The first-order valence-corrected chi connectivity index (χ1v) is 7.03. The number of nitrogens with two attached hydrogens (primary N) is 1. The summed E-state index contributed by atoms with van der Waals surface area (Å²) in [7, 11) is 0. The van der Waals surface area contributed by atoms with Crippen LogP contribution in [0.15, 0.2) is 35.1 Å². The number of aromatic nitrogens is 1. The summed E-state index contributed by atoms with van der Waals surface area (Å²) in [5.74, 6) is -1.18. The van der Waals surface area contributed by atoms with Crippen LogP contribution in [0.3, 0.4) is 0 Å². The molecule has 1 aliphatic rings. The van der Waals surface area contributed by atoms with Crippen molar-refractivity contribution >= 4 is 17.6 Å². The van der Waals surface area contributed by atoms with Crippen LogP contribution in [-0.4, -0.2) is 16.4 Å². The molecule has 112 valence electrons. The minimum Gasteiger partial charge on any atom is -0.384 e. The maximum atomic E-state index is 12.3. The van der Waals surface area contributed by atoms with Crippen LogP contribution < -0.4 is 16.6 Å². The highest BCUT2D eigenvalue weighted by Gasteiger charge is 2.31. The van der Waals surface area contributed by atoms with E-state index in [4.69, 9.17) is 5.73 Å². The monoisotopic (exact) mass is 297 g/mol. The Morgan fingerprint density at radius 3 is 2.41 bits per heavy atom. The maximum Gasteiger partial charge on any atom is 0.262 e. The number of aryl methyl sites for hydroxylation is 1. The number of pyridine rings is 1. The number of nitrogen functional groups attached to an aromatic ring is 1. The molecular weight excluding hydrogens is 282 g/mol. The zero-order valence-corrected chi connectivity index (χ0v) is 12.1. The van der Waals surface area contributed by atoms with Gasteiger partial charge in [0, 0.05) is 6.07 Å². The third kappa shape index (κ3) is 2.09. The van der Waals surface area contributed by atoms with Gasteiger partial charge in [-0.1, -0.05) is 25.5 Å². The highest BCUT2D eigenvalue weighted by atomic mass is 16.2. The topological polar surface area (TPSA) is 94.2 Å². The summed E-state index contributed by atoms with van der Waals surface area (Å²) in [4.78, 5) is 35.7. The van der Waals surface area contributed by atoms with Crippen molar-refractivity contribution in [2.75, 3.05) is 5.73 Å². The van der Waals surface area contributed by atoms with Crippen molar-refractivity contribution in [1.82, 2.24) is 9.88 Å². The van der Waals surface area contributed by atoms with Crippen molar-refractivity contribution in [2.45, 2.75) is 19.8 Å². The lowest BCUT2D eigenvalue weighted by Crippen LogP contribution is -2.24. The number of nitrogens with one attached hydrogen (secondary N) is 1. The Bertz CT molecular complexity index is 835. The van der Waals surface area contributed by atoms with Gasteiger partial charge in [-0.2, -0.15) is 0 Å². The zero-order chi connectivity index (χ0) is 15.9.